The Labute approximate surface area is 71.6 Å². The van der Waals surface area contributed by atoms with Gasteiger partial charge in [-0.15, -0.1) is 0 Å². The quantitative estimate of drug-likeness (QED) is 0.584. The third kappa shape index (κ3) is 1.20. The van der Waals surface area contributed by atoms with Crippen LogP contribution in [0.25, 0.3) is 6.08 Å². The number of rotatable bonds is 0. The third-order valence-corrected chi connectivity index (χ3v) is 1.95. The second kappa shape index (κ2) is 2.63. The highest BCUT2D eigenvalue weighted by Gasteiger charge is 2.08. The molecule has 0 N–H and O–H groups in total. The molecule has 0 bridgehead atoms. The maximum absolute atomic E-state index is 5.40. The molecule has 1 aromatic heterocycles. The third-order valence-electron chi connectivity index (χ3n) is 1.95. The van der Waals surface area contributed by atoms with Gasteiger partial charge in [0.05, 0.1) is 5.69 Å². The fraction of sp³-hybridized carbons (Fsp3) is 0.300. The average Bonchev–Trinajstić information content (AvgIpc) is 2.31. The van der Waals surface area contributed by atoms with E-state index < -0.39 is 0 Å². The summed E-state index contributed by atoms with van der Waals surface area (Å²) in [5, 5.41) is 0. The summed E-state index contributed by atoms with van der Waals surface area (Å²) in [6.45, 7) is 3.95. The van der Waals surface area contributed by atoms with E-state index in [1.54, 1.807) is 0 Å². The maximum Gasteiger partial charge on any atom is 0.192 e. The molecule has 12 heavy (non-hydrogen) atoms. The highest BCUT2D eigenvalue weighted by atomic mass is 16.4. The number of fused-ring (bicyclic) bond motifs is 1. The van der Waals surface area contributed by atoms with Crippen LogP contribution in [0.1, 0.15) is 24.3 Å². The van der Waals surface area contributed by atoms with Crippen LogP contribution in [0.2, 0.25) is 0 Å². The summed E-state index contributed by atoms with van der Waals surface area (Å²) in [6, 6.07) is 0. The van der Waals surface area contributed by atoms with Gasteiger partial charge in [-0.05, 0) is 13.0 Å². The van der Waals surface area contributed by atoms with Gasteiger partial charge in [-0.3, -0.25) is 0 Å². The Bertz CT molecular complexity index is 358. The first-order valence-electron chi connectivity index (χ1n) is 4.07. The standard InChI is InChI=1S/C10H11NO/c1-7-3-5-9-10(6-4-7)12-8(2)11-9/h3-4,6H,5H2,1-2H3. The summed E-state index contributed by atoms with van der Waals surface area (Å²) in [5.41, 5.74) is 2.31. The van der Waals surface area contributed by atoms with Crippen LogP contribution in [0.3, 0.4) is 0 Å². The van der Waals surface area contributed by atoms with Crippen molar-refractivity contribution < 1.29 is 4.42 Å². The number of aryl methyl sites for hydroxylation is 1. The second-order valence-corrected chi connectivity index (χ2v) is 3.03. The van der Waals surface area contributed by atoms with Crippen LogP contribution in [-0.2, 0) is 6.42 Å². The minimum atomic E-state index is 0.748. The van der Waals surface area contributed by atoms with Gasteiger partial charge in [0.25, 0.3) is 0 Å². The SMILES string of the molecule is CC1=CCc2nc(C)oc2C=C1. The van der Waals surface area contributed by atoms with E-state index >= 15 is 0 Å². The second-order valence-electron chi connectivity index (χ2n) is 3.03. The van der Waals surface area contributed by atoms with E-state index in [2.05, 4.69) is 24.1 Å². The molecule has 0 radical (unpaired) electrons. The van der Waals surface area contributed by atoms with Crippen molar-refractivity contribution in [1.82, 2.24) is 4.98 Å². The Kier molecular flexibility index (Phi) is 1.61. The van der Waals surface area contributed by atoms with E-state index in [4.69, 9.17) is 4.42 Å². The van der Waals surface area contributed by atoms with Crippen molar-refractivity contribution in [3.63, 3.8) is 0 Å². The topological polar surface area (TPSA) is 26.0 Å². The Morgan fingerprint density at radius 3 is 3.00 bits per heavy atom. The van der Waals surface area contributed by atoms with Crippen LogP contribution >= 0.6 is 0 Å². The molecule has 1 aliphatic carbocycles. The molecule has 0 saturated heterocycles. The van der Waals surface area contributed by atoms with Crippen molar-refractivity contribution in [2.24, 2.45) is 0 Å². The van der Waals surface area contributed by atoms with Crippen molar-refractivity contribution in [3.8, 4) is 0 Å². The van der Waals surface area contributed by atoms with Crippen LogP contribution in [0.5, 0.6) is 0 Å². The van der Waals surface area contributed by atoms with Gasteiger partial charge in [0.2, 0.25) is 0 Å². The molecule has 62 valence electrons. The number of hydrogen-bond donors (Lipinski definition) is 0. The van der Waals surface area contributed by atoms with E-state index in [1.807, 2.05) is 13.0 Å². The summed E-state index contributed by atoms with van der Waals surface area (Å²) in [6.07, 6.45) is 7.07. The lowest BCUT2D eigenvalue weighted by Crippen LogP contribution is -1.82. The van der Waals surface area contributed by atoms with Crippen LogP contribution < -0.4 is 0 Å². The molecule has 1 aliphatic rings. The van der Waals surface area contributed by atoms with Crippen LogP contribution in [0.15, 0.2) is 22.1 Å². The first-order valence-corrected chi connectivity index (χ1v) is 4.07. The van der Waals surface area contributed by atoms with Crippen molar-refractivity contribution in [3.05, 3.63) is 35.1 Å². The van der Waals surface area contributed by atoms with E-state index in [1.165, 1.54) is 5.57 Å². The normalized spacial score (nSPS) is 15.3. The molecule has 0 fully saturated rings. The lowest BCUT2D eigenvalue weighted by atomic mass is 10.2. The number of hydrogen-bond acceptors (Lipinski definition) is 2. The minimum Gasteiger partial charge on any atom is -0.441 e. The first-order chi connectivity index (χ1) is 5.75. The lowest BCUT2D eigenvalue weighted by Gasteiger charge is -1.86. The Hall–Kier alpha value is -1.31. The average molecular weight is 161 g/mol. The van der Waals surface area contributed by atoms with Gasteiger partial charge in [-0.2, -0.15) is 0 Å². The Morgan fingerprint density at radius 2 is 2.17 bits per heavy atom. The zero-order valence-corrected chi connectivity index (χ0v) is 7.29. The molecule has 0 unspecified atom stereocenters. The monoisotopic (exact) mass is 161 g/mol. The van der Waals surface area contributed by atoms with E-state index in [0.717, 1.165) is 23.8 Å². The van der Waals surface area contributed by atoms with Crippen LogP contribution in [-0.4, -0.2) is 4.98 Å². The summed E-state index contributed by atoms with van der Waals surface area (Å²) >= 11 is 0. The van der Waals surface area contributed by atoms with E-state index in [0.29, 0.717) is 0 Å². The van der Waals surface area contributed by atoms with E-state index in [9.17, 15) is 0 Å². The number of nitrogens with zero attached hydrogens (tertiary/aromatic N) is 1. The molecule has 0 amide bonds. The zero-order chi connectivity index (χ0) is 8.55. The molecule has 1 heterocycles. The van der Waals surface area contributed by atoms with Gasteiger partial charge >= 0.3 is 0 Å². The predicted molar refractivity (Wildman–Crippen MR) is 47.7 cm³/mol. The van der Waals surface area contributed by atoms with Gasteiger partial charge in [-0.1, -0.05) is 17.7 Å². The molecule has 0 saturated carbocycles. The molecule has 1 aromatic rings. The Balaban J connectivity index is 2.46. The Morgan fingerprint density at radius 1 is 1.33 bits per heavy atom. The van der Waals surface area contributed by atoms with Crippen molar-refractivity contribution >= 4 is 6.08 Å². The fourth-order valence-corrected chi connectivity index (χ4v) is 1.30. The number of oxazole rings is 1. The molecule has 0 aromatic carbocycles. The smallest absolute Gasteiger partial charge is 0.192 e. The van der Waals surface area contributed by atoms with Crippen molar-refractivity contribution in [1.29, 1.82) is 0 Å². The first kappa shape index (κ1) is 7.35. The lowest BCUT2D eigenvalue weighted by molar-refractivity contribution is 0.512. The summed E-state index contributed by atoms with van der Waals surface area (Å²) in [7, 11) is 0. The largest absolute Gasteiger partial charge is 0.441 e. The molecule has 0 atom stereocenters. The highest BCUT2D eigenvalue weighted by Crippen LogP contribution is 2.18. The summed E-state index contributed by atoms with van der Waals surface area (Å²) in [4.78, 5) is 4.28. The molecular weight excluding hydrogens is 150 g/mol. The number of allylic oxidation sites excluding steroid dienone is 3. The zero-order valence-electron chi connectivity index (χ0n) is 7.29. The van der Waals surface area contributed by atoms with Gasteiger partial charge in [0, 0.05) is 13.3 Å². The van der Waals surface area contributed by atoms with Gasteiger partial charge in [0.15, 0.2) is 11.7 Å². The predicted octanol–water partition coefficient (Wildman–Crippen LogP) is 2.50. The van der Waals surface area contributed by atoms with Crippen LogP contribution in [0, 0.1) is 6.92 Å². The van der Waals surface area contributed by atoms with Crippen molar-refractivity contribution in [2.75, 3.05) is 0 Å². The van der Waals surface area contributed by atoms with Gasteiger partial charge in [-0.25, -0.2) is 4.98 Å². The van der Waals surface area contributed by atoms with Crippen LogP contribution in [0.4, 0.5) is 0 Å². The molecule has 0 aliphatic heterocycles. The van der Waals surface area contributed by atoms with E-state index in [-0.39, 0.29) is 0 Å². The molecule has 2 rings (SSSR count). The maximum atomic E-state index is 5.40. The molecule has 0 spiro atoms. The molecule has 2 heteroatoms. The highest BCUT2D eigenvalue weighted by molar-refractivity contribution is 5.52. The van der Waals surface area contributed by atoms with Gasteiger partial charge < -0.3 is 4.42 Å². The van der Waals surface area contributed by atoms with Gasteiger partial charge in [0.1, 0.15) is 0 Å². The summed E-state index contributed by atoms with van der Waals surface area (Å²) < 4.78 is 5.40. The fourth-order valence-electron chi connectivity index (χ4n) is 1.30. The van der Waals surface area contributed by atoms with Crippen molar-refractivity contribution in [2.45, 2.75) is 20.3 Å². The summed E-state index contributed by atoms with van der Waals surface area (Å²) in [5.74, 6) is 1.65. The number of aromatic nitrogens is 1. The molecular formula is C10H11NO. The molecule has 2 nitrogen and oxygen atoms in total. The minimum absolute atomic E-state index is 0.748.